The summed E-state index contributed by atoms with van der Waals surface area (Å²) in [4.78, 5) is 2.45. The van der Waals surface area contributed by atoms with E-state index in [1.54, 1.807) is 6.07 Å². The fraction of sp³-hybridized carbons (Fsp3) is 0.467. The normalized spacial score (nSPS) is 18.2. The molecule has 1 saturated heterocycles. The first-order valence-corrected chi connectivity index (χ1v) is 7.55. The monoisotopic (exact) mass is 324 g/mol. The van der Waals surface area contributed by atoms with Gasteiger partial charge in [0.2, 0.25) is 0 Å². The van der Waals surface area contributed by atoms with Crippen LogP contribution in [-0.4, -0.2) is 36.2 Å². The Morgan fingerprint density at radius 1 is 1.42 bits per heavy atom. The van der Waals surface area contributed by atoms with E-state index in [9.17, 15) is 5.11 Å². The SMILES string of the molecule is C=CCC[C@@H](c1cc(Br)ccc1O)N1CCNCC1. The molecule has 2 rings (SSSR count). The van der Waals surface area contributed by atoms with Crippen molar-refractivity contribution in [1.82, 2.24) is 10.2 Å². The van der Waals surface area contributed by atoms with Gasteiger partial charge in [0.25, 0.3) is 0 Å². The first-order valence-electron chi connectivity index (χ1n) is 6.76. The van der Waals surface area contributed by atoms with Crippen molar-refractivity contribution in [1.29, 1.82) is 0 Å². The van der Waals surface area contributed by atoms with Crippen LogP contribution in [0, 0.1) is 0 Å². The summed E-state index contributed by atoms with van der Waals surface area (Å²) in [5.74, 6) is 0.385. The number of phenols is 1. The highest BCUT2D eigenvalue weighted by molar-refractivity contribution is 9.10. The summed E-state index contributed by atoms with van der Waals surface area (Å²) in [5, 5.41) is 13.5. The fourth-order valence-corrected chi connectivity index (χ4v) is 2.98. The van der Waals surface area contributed by atoms with E-state index in [0.29, 0.717) is 5.75 Å². The number of phenolic OH excluding ortho intramolecular Hbond substituents is 1. The highest BCUT2D eigenvalue weighted by atomic mass is 79.9. The molecule has 19 heavy (non-hydrogen) atoms. The molecule has 0 amide bonds. The van der Waals surface area contributed by atoms with Gasteiger partial charge in [-0.25, -0.2) is 0 Å². The van der Waals surface area contributed by atoms with Gasteiger partial charge in [-0.15, -0.1) is 6.58 Å². The van der Waals surface area contributed by atoms with Crippen molar-refractivity contribution in [2.75, 3.05) is 26.2 Å². The van der Waals surface area contributed by atoms with Crippen LogP contribution in [0.2, 0.25) is 0 Å². The van der Waals surface area contributed by atoms with Crippen LogP contribution in [0.4, 0.5) is 0 Å². The van der Waals surface area contributed by atoms with E-state index in [4.69, 9.17) is 0 Å². The molecule has 1 heterocycles. The minimum absolute atomic E-state index is 0.262. The molecule has 104 valence electrons. The third kappa shape index (κ3) is 3.81. The van der Waals surface area contributed by atoms with Crippen LogP contribution < -0.4 is 5.32 Å². The zero-order valence-corrected chi connectivity index (χ0v) is 12.7. The number of aromatic hydroxyl groups is 1. The molecule has 1 aliphatic rings. The van der Waals surface area contributed by atoms with E-state index in [1.165, 1.54) is 0 Å². The number of nitrogens with one attached hydrogen (secondary N) is 1. The van der Waals surface area contributed by atoms with Crippen molar-refractivity contribution in [3.63, 3.8) is 0 Å². The molecule has 0 aromatic heterocycles. The number of allylic oxidation sites excluding steroid dienone is 1. The molecular formula is C15H21BrN2O. The Labute approximate surface area is 123 Å². The number of halogens is 1. The van der Waals surface area contributed by atoms with Crippen LogP contribution in [0.25, 0.3) is 0 Å². The summed E-state index contributed by atoms with van der Waals surface area (Å²) in [6, 6.07) is 5.94. The van der Waals surface area contributed by atoms with E-state index in [2.05, 4.69) is 32.7 Å². The highest BCUT2D eigenvalue weighted by Crippen LogP contribution is 2.34. The van der Waals surface area contributed by atoms with E-state index in [0.717, 1.165) is 49.1 Å². The lowest BCUT2D eigenvalue weighted by molar-refractivity contribution is 0.163. The molecule has 0 radical (unpaired) electrons. The molecule has 0 bridgehead atoms. The topological polar surface area (TPSA) is 35.5 Å². The van der Waals surface area contributed by atoms with E-state index in [-0.39, 0.29) is 6.04 Å². The zero-order valence-electron chi connectivity index (χ0n) is 11.1. The maximum absolute atomic E-state index is 10.1. The second-order valence-electron chi connectivity index (χ2n) is 4.87. The Morgan fingerprint density at radius 3 is 2.84 bits per heavy atom. The van der Waals surface area contributed by atoms with Crippen molar-refractivity contribution >= 4 is 15.9 Å². The van der Waals surface area contributed by atoms with Crippen LogP contribution in [0.5, 0.6) is 5.75 Å². The number of benzene rings is 1. The lowest BCUT2D eigenvalue weighted by atomic mass is 9.98. The van der Waals surface area contributed by atoms with Crippen LogP contribution in [0.1, 0.15) is 24.4 Å². The van der Waals surface area contributed by atoms with Crippen molar-refractivity contribution < 1.29 is 5.11 Å². The summed E-state index contributed by atoms with van der Waals surface area (Å²) in [6.07, 6.45) is 3.90. The van der Waals surface area contributed by atoms with E-state index < -0.39 is 0 Å². The Morgan fingerprint density at radius 2 is 2.16 bits per heavy atom. The number of nitrogens with zero attached hydrogens (tertiary/aromatic N) is 1. The molecule has 3 nitrogen and oxygen atoms in total. The van der Waals surface area contributed by atoms with Crippen molar-refractivity contribution in [2.24, 2.45) is 0 Å². The fourth-order valence-electron chi connectivity index (χ4n) is 2.60. The molecule has 0 unspecified atom stereocenters. The zero-order chi connectivity index (χ0) is 13.7. The van der Waals surface area contributed by atoms with Gasteiger partial charge in [-0.05, 0) is 31.0 Å². The minimum atomic E-state index is 0.262. The first kappa shape index (κ1) is 14.6. The Hall–Kier alpha value is -0.840. The minimum Gasteiger partial charge on any atom is -0.508 e. The number of hydrogen-bond acceptors (Lipinski definition) is 3. The molecular weight excluding hydrogens is 304 g/mol. The van der Waals surface area contributed by atoms with Gasteiger partial charge in [-0.3, -0.25) is 4.90 Å². The average molecular weight is 325 g/mol. The summed E-state index contributed by atoms with van der Waals surface area (Å²) >= 11 is 3.49. The maximum atomic E-state index is 10.1. The molecule has 1 aromatic carbocycles. The summed E-state index contributed by atoms with van der Waals surface area (Å²) in [5.41, 5.74) is 1.01. The molecule has 2 N–H and O–H groups in total. The molecule has 1 aromatic rings. The number of piperazine rings is 1. The number of hydrogen-bond donors (Lipinski definition) is 2. The first-order chi connectivity index (χ1) is 9.22. The van der Waals surface area contributed by atoms with Gasteiger partial charge in [0.05, 0.1) is 0 Å². The van der Waals surface area contributed by atoms with Gasteiger partial charge >= 0.3 is 0 Å². The smallest absolute Gasteiger partial charge is 0.120 e. The lowest BCUT2D eigenvalue weighted by Gasteiger charge is -2.35. The third-order valence-corrected chi connectivity index (χ3v) is 4.08. The molecule has 0 saturated carbocycles. The largest absolute Gasteiger partial charge is 0.508 e. The quantitative estimate of drug-likeness (QED) is 0.817. The van der Waals surface area contributed by atoms with Crippen LogP contribution in [0.3, 0.4) is 0 Å². The van der Waals surface area contributed by atoms with Crippen LogP contribution in [-0.2, 0) is 0 Å². The molecule has 4 heteroatoms. The van der Waals surface area contributed by atoms with Crippen molar-refractivity contribution in [2.45, 2.75) is 18.9 Å². The van der Waals surface area contributed by atoms with E-state index >= 15 is 0 Å². The number of rotatable bonds is 5. The predicted octanol–water partition coefficient (Wildman–Crippen LogP) is 3.07. The van der Waals surface area contributed by atoms with Gasteiger partial charge in [-0.2, -0.15) is 0 Å². The van der Waals surface area contributed by atoms with Gasteiger partial charge in [0, 0.05) is 42.3 Å². The summed E-state index contributed by atoms with van der Waals surface area (Å²) in [6.45, 7) is 7.88. The summed E-state index contributed by atoms with van der Waals surface area (Å²) < 4.78 is 1.01. The second-order valence-corrected chi connectivity index (χ2v) is 5.79. The molecule has 0 aliphatic carbocycles. The Bertz CT molecular complexity index is 430. The van der Waals surface area contributed by atoms with Crippen LogP contribution >= 0.6 is 15.9 Å². The molecule has 0 spiro atoms. The molecule has 1 atom stereocenters. The van der Waals surface area contributed by atoms with Gasteiger partial charge in [0.15, 0.2) is 0 Å². The lowest BCUT2D eigenvalue weighted by Crippen LogP contribution is -2.45. The Kier molecular flexibility index (Phi) is 5.43. The average Bonchev–Trinajstić information content (AvgIpc) is 2.44. The van der Waals surface area contributed by atoms with Crippen LogP contribution in [0.15, 0.2) is 35.3 Å². The molecule has 1 fully saturated rings. The predicted molar refractivity (Wildman–Crippen MR) is 82.4 cm³/mol. The third-order valence-electron chi connectivity index (χ3n) is 3.59. The van der Waals surface area contributed by atoms with Crippen molar-refractivity contribution in [3.05, 3.63) is 40.9 Å². The van der Waals surface area contributed by atoms with E-state index in [1.807, 2.05) is 18.2 Å². The maximum Gasteiger partial charge on any atom is 0.120 e. The molecule has 1 aliphatic heterocycles. The summed E-state index contributed by atoms with van der Waals surface area (Å²) in [7, 11) is 0. The second kappa shape index (κ2) is 7.08. The van der Waals surface area contributed by atoms with Gasteiger partial charge in [-0.1, -0.05) is 22.0 Å². The van der Waals surface area contributed by atoms with Gasteiger partial charge < -0.3 is 10.4 Å². The highest BCUT2D eigenvalue weighted by Gasteiger charge is 2.23. The Balaban J connectivity index is 2.24. The van der Waals surface area contributed by atoms with Crippen molar-refractivity contribution in [3.8, 4) is 5.75 Å². The van der Waals surface area contributed by atoms with Gasteiger partial charge in [0.1, 0.15) is 5.75 Å². The standard InChI is InChI=1S/C15H21BrN2O/c1-2-3-4-14(18-9-7-17-8-10-18)13-11-12(16)5-6-15(13)19/h2,5-6,11,14,17,19H,1,3-4,7-10H2/t14-/m0/s1.